The van der Waals surface area contributed by atoms with Gasteiger partial charge in [-0.05, 0) is 38.1 Å². The van der Waals surface area contributed by atoms with Crippen molar-refractivity contribution in [2.45, 2.75) is 20.3 Å². The van der Waals surface area contributed by atoms with Crippen LogP contribution in [0.15, 0.2) is 58.7 Å². The van der Waals surface area contributed by atoms with Crippen LogP contribution in [0.1, 0.15) is 16.8 Å². The molecule has 2 aromatic carbocycles. The molecule has 0 unspecified atom stereocenters. The molecule has 0 bridgehead atoms. The summed E-state index contributed by atoms with van der Waals surface area (Å²) in [5.41, 5.74) is 4.79. The molecule has 0 atom stereocenters. The number of hydrogen-bond acceptors (Lipinski definition) is 5. The van der Waals surface area contributed by atoms with E-state index in [-0.39, 0.29) is 23.7 Å². The Morgan fingerprint density at radius 3 is 2.40 bits per heavy atom. The van der Waals surface area contributed by atoms with Crippen molar-refractivity contribution < 1.29 is 9.18 Å². The largest absolute Gasteiger partial charge is 0.368 e. The lowest BCUT2D eigenvalue weighted by molar-refractivity contribution is -0.130. The number of carbonyl (C=O) groups excluding carboxylic acids is 1. The maximum Gasteiger partial charge on any atom is 0.277 e. The number of piperazine rings is 1. The number of halogens is 1. The molecule has 2 aromatic heterocycles. The number of amides is 1. The lowest BCUT2D eigenvalue weighted by Crippen LogP contribution is -2.49. The summed E-state index contributed by atoms with van der Waals surface area (Å²) in [6, 6.07) is 14.5. The van der Waals surface area contributed by atoms with Gasteiger partial charge in [0.1, 0.15) is 5.82 Å². The number of benzene rings is 2. The van der Waals surface area contributed by atoms with E-state index in [1.165, 1.54) is 33.7 Å². The van der Waals surface area contributed by atoms with Gasteiger partial charge < -0.3 is 9.80 Å². The summed E-state index contributed by atoms with van der Waals surface area (Å²) in [5.74, 6) is -0.339. The highest BCUT2D eigenvalue weighted by atomic mass is 32.1. The Balaban J connectivity index is 1.27. The van der Waals surface area contributed by atoms with Crippen molar-refractivity contribution in [2.24, 2.45) is 0 Å². The van der Waals surface area contributed by atoms with Gasteiger partial charge in [0.15, 0.2) is 0 Å². The van der Waals surface area contributed by atoms with Gasteiger partial charge in [0.25, 0.3) is 5.56 Å². The van der Waals surface area contributed by atoms with Gasteiger partial charge in [-0.25, -0.2) is 9.37 Å². The Morgan fingerprint density at radius 1 is 1.03 bits per heavy atom. The molecule has 1 amide bonds. The Kier molecular flexibility index (Phi) is 6.25. The molecule has 1 fully saturated rings. The third kappa shape index (κ3) is 4.77. The molecule has 1 saturated heterocycles. The van der Waals surface area contributed by atoms with E-state index in [2.05, 4.69) is 15.0 Å². The maximum absolute atomic E-state index is 13.2. The molecule has 1 aliphatic heterocycles. The molecule has 0 saturated carbocycles. The first-order chi connectivity index (χ1) is 16.9. The molecule has 9 heteroatoms. The van der Waals surface area contributed by atoms with Gasteiger partial charge in [-0.3, -0.25) is 14.7 Å². The number of rotatable bonds is 5. The first-order valence-corrected chi connectivity index (χ1v) is 12.4. The molecular formula is C26H26FN5O2S. The van der Waals surface area contributed by atoms with E-state index in [4.69, 9.17) is 0 Å². The second-order valence-electron chi connectivity index (χ2n) is 8.76. The summed E-state index contributed by atoms with van der Waals surface area (Å²) in [5, 5.41) is 5.55. The van der Waals surface area contributed by atoms with E-state index in [0.717, 1.165) is 16.9 Å². The van der Waals surface area contributed by atoms with E-state index in [9.17, 15) is 14.0 Å². The molecule has 4 aromatic rings. The number of hydrogen-bond donors (Lipinski definition) is 1. The minimum Gasteiger partial charge on any atom is -0.368 e. The van der Waals surface area contributed by atoms with Gasteiger partial charge >= 0.3 is 0 Å². The topological polar surface area (TPSA) is 74.2 Å². The molecule has 7 nitrogen and oxygen atoms in total. The number of carbonyl (C=O) groups is 1. The van der Waals surface area contributed by atoms with Crippen molar-refractivity contribution in [1.29, 1.82) is 0 Å². The zero-order chi connectivity index (χ0) is 24.5. The SMILES string of the molecule is Cc1ccc(-c2csc(-n3[nH]c(C)c(CC(=O)N4CCN(c5ccc(F)cc5)CC4)c3=O)n2)cc1. The third-order valence-corrected chi connectivity index (χ3v) is 7.20. The number of aryl methyl sites for hydroxylation is 2. The Hall–Kier alpha value is -3.72. The van der Waals surface area contributed by atoms with E-state index in [1.54, 1.807) is 17.0 Å². The van der Waals surface area contributed by atoms with Crippen LogP contribution < -0.4 is 10.5 Å². The highest BCUT2D eigenvalue weighted by Crippen LogP contribution is 2.24. The summed E-state index contributed by atoms with van der Waals surface area (Å²) in [4.78, 5) is 34.7. The van der Waals surface area contributed by atoms with Gasteiger partial charge in [0.05, 0.1) is 12.1 Å². The van der Waals surface area contributed by atoms with Crippen molar-refractivity contribution in [3.8, 4) is 16.4 Å². The zero-order valence-corrected chi connectivity index (χ0v) is 20.4. The fourth-order valence-electron chi connectivity index (χ4n) is 4.28. The molecule has 1 N–H and O–H groups in total. The summed E-state index contributed by atoms with van der Waals surface area (Å²) >= 11 is 1.38. The average Bonchev–Trinajstić information content (AvgIpc) is 3.46. The lowest BCUT2D eigenvalue weighted by atomic mass is 10.1. The fourth-order valence-corrected chi connectivity index (χ4v) is 5.07. The fraction of sp³-hybridized carbons (Fsp3) is 0.269. The second-order valence-corrected chi connectivity index (χ2v) is 9.59. The normalized spacial score (nSPS) is 13.9. The summed E-state index contributed by atoms with van der Waals surface area (Å²) in [6.45, 7) is 6.27. The van der Waals surface area contributed by atoms with Crippen LogP contribution in [0.4, 0.5) is 10.1 Å². The molecule has 180 valence electrons. The Bertz CT molecular complexity index is 1400. The lowest BCUT2D eigenvalue weighted by Gasteiger charge is -2.36. The number of H-pyrrole nitrogens is 1. The predicted octanol–water partition coefficient (Wildman–Crippen LogP) is 3.94. The number of anilines is 1. The number of aromatic nitrogens is 3. The summed E-state index contributed by atoms with van der Waals surface area (Å²) in [7, 11) is 0. The second kappa shape index (κ2) is 9.50. The van der Waals surface area contributed by atoms with Gasteiger partial charge in [-0.1, -0.05) is 29.8 Å². The molecule has 35 heavy (non-hydrogen) atoms. The highest BCUT2D eigenvalue weighted by Gasteiger charge is 2.24. The quantitative estimate of drug-likeness (QED) is 0.459. The van der Waals surface area contributed by atoms with Crippen LogP contribution in [0.2, 0.25) is 0 Å². The van der Waals surface area contributed by atoms with Gasteiger partial charge in [0.2, 0.25) is 11.0 Å². The minimum absolute atomic E-state index is 0.0426. The van der Waals surface area contributed by atoms with Crippen molar-refractivity contribution in [2.75, 3.05) is 31.1 Å². The average molecular weight is 492 g/mol. The number of thiazole rings is 1. The van der Waals surface area contributed by atoms with E-state index in [1.807, 2.05) is 43.5 Å². The van der Waals surface area contributed by atoms with Crippen LogP contribution in [0.5, 0.6) is 0 Å². The predicted molar refractivity (Wildman–Crippen MR) is 136 cm³/mol. The molecule has 0 spiro atoms. The maximum atomic E-state index is 13.2. The molecule has 3 heterocycles. The summed E-state index contributed by atoms with van der Waals surface area (Å²) in [6.07, 6.45) is 0.0426. The van der Waals surface area contributed by atoms with Crippen molar-refractivity contribution in [1.82, 2.24) is 19.7 Å². The van der Waals surface area contributed by atoms with Crippen molar-refractivity contribution in [3.63, 3.8) is 0 Å². The minimum atomic E-state index is -0.265. The van der Waals surface area contributed by atoms with E-state index in [0.29, 0.717) is 42.6 Å². The zero-order valence-electron chi connectivity index (χ0n) is 19.6. The molecule has 1 aliphatic rings. The smallest absolute Gasteiger partial charge is 0.277 e. The molecule has 0 radical (unpaired) electrons. The van der Waals surface area contributed by atoms with Crippen LogP contribution in [-0.2, 0) is 11.2 Å². The van der Waals surface area contributed by atoms with Crippen LogP contribution >= 0.6 is 11.3 Å². The first kappa shape index (κ1) is 23.0. The number of nitrogens with zero attached hydrogens (tertiary/aromatic N) is 4. The Morgan fingerprint density at radius 2 is 1.71 bits per heavy atom. The van der Waals surface area contributed by atoms with Crippen LogP contribution in [0.3, 0.4) is 0 Å². The van der Waals surface area contributed by atoms with Crippen molar-refractivity contribution >= 4 is 22.9 Å². The van der Waals surface area contributed by atoms with Gasteiger partial charge in [-0.15, -0.1) is 11.3 Å². The third-order valence-electron chi connectivity index (χ3n) is 6.38. The van der Waals surface area contributed by atoms with Crippen molar-refractivity contribution in [3.05, 3.63) is 86.9 Å². The van der Waals surface area contributed by atoms with Gasteiger partial charge in [0, 0.05) is 54.1 Å². The first-order valence-electron chi connectivity index (χ1n) is 11.5. The van der Waals surface area contributed by atoms with Crippen LogP contribution in [0, 0.1) is 19.7 Å². The number of nitrogens with one attached hydrogen (secondary N) is 1. The number of aromatic amines is 1. The summed E-state index contributed by atoms with van der Waals surface area (Å²) < 4.78 is 14.6. The highest BCUT2D eigenvalue weighted by molar-refractivity contribution is 7.12. The Labute approximate surface area is 206 Å². The van der Waals surface area contributed by atoms with Gasteiger partial charge in [-0.2, -0.15) is 4.68 Å². The monoisotopic (exact) mass is 491 g/mol. The van der Waals surface area contributed by atoms with E-state index < -0.39 is 0 Å². The van der Waals surface area contributed by atoms with E-state index >= 15 is 0 Å². The molecule has 0 aliphatic carbocycles. The molecule has 5 rings (SSSR count). The van der Waals surface area contributed by atoms with Crippen LogP contribution in [-0.4, -0.2) is 51.8 Å². The van der Waals surface area contributed by atoms with Crippen LogP contribution in [0.25, 0.3) is 16.4 Å². The molecular weight excluding hydrogens is 465 g/mol. The standard InChI is InChI=1S/C26H26FN5O2S/c1-17-3-5-19(6-4-17)23-16-35-26(28-23)32-25(34)22(18(2)29-32)15-24(33)31-13-11-30(12-14-31)21-9-7-20(27)8-10-21/h3-10,16,29H,11-15H2,1-2H3.